The standard InChI is InChI=1S/C15H21N3O3/c1-5-21-14(19)7-6-13(17-18-16)15-10(2)8-12(20-4)9-11(15)3/h8-9,13H,5-7H2,1-4H3. The van der Waals surface area contributed by atoms with Crippen LogP contribution in [0.5, 0.6) is 5.75 Å². The first-order valence-electron chi connectivity index (χ1n) is 6.88. The van der Waals surface area contributed by atoms with Crippen molar-refractivity contribution in [3.8, 4) is 5.75 Å². The molecule has 0 aliphatic carbocycles. The van der Waals surface area contributed by atoms with E-state index < -0.39 is 0 Å². The summed E-state index contributed by atoms with van der Waals surface area (Å²) in [5.74, 6) is 0.485. The molecule has 1 unspecified atom stereocenters. The summed E-state index contributed by atoms with van der Waals surface area (Å²) in [4.78, 5) is 14.4. The molecule has 0 fully saturated rings. The number of methoxy groups -OCH3 is 1. The third-order valence-electron chi connectivity index (χ3n) is 3.25. The molecule has 0 spiro atoms. The Hall–Kier alpha value is -2.20. The maximum absolute atomic E-state index is 11.5. The van der Waals surface area contributed by atoms with Gasteiger partial charge in [-0.05, 0) is 61.5 Å². The zero-order chi connectivity index (χ0) is 15.8. The van der Waals surface area contributed by atoms with E-state index in [0.717, 1.165) is 22.4 Å². The number of carbonyl (C=O) groups is 1. The number of hydrogen-bond acceptors (Lipinski definition) is 4. The molecule has 1 atom stereocenters. The summed E-state index contributed by atoms with van der Waals surface area (Å²) in [6.07, 6.45) is 0.652. The van der Waals surface area contributed by atoms with Gasteiger partial charge in [0.1, 0.15) is 5.75 Å². The van der Waals surface area contributed by atoms with Crippen LogP contribution < -0.4 is 4.74 Å². The van der Waals surface area contributed by atoms with Gasteiger partial charge >= 0.3 is 5.97 Å². The number of hydrogen-bond donors (Lipinski definition) is 0. The number of nitrogens with zero attached hydrogens (tertiary/aromatic N) is 3. The zero-order valence-corrected chi connectivity index (χ0v) is 12.9. The monoisotopic (exact) mass is 291 g/mol. The number of azide groups is 1. The predicted molar refractivity (Wildman–Crippen MR) is 80.2 cm³/mol. The Balaban J connectivity index is 3.00. The summed E-state index contributed by atoms with van der Waals surface area (Å²) in [5.41, 5.74) is 11.7. The van der Waals surface area contributed by atoms with E-state index >= 15 is 0 Å². The van der Waals surface area contributed by atoms with Crippen molar-refractivity contribution in [3.05, 3.63) is 39.3 Å². The summed E-state index contributed by atoms with van der Waals surface area (Å²) in [5, 5.41) is 3.84. The number of ether oxygens (including phenoxy) is 2. The van der Waals surface area contributed by atoms with Crippen LogP contribution in [0.25, 0.3) is 10.4 Å². The van der Waals surface area contributed by atoms with Crippen LogP contribution in [0.3, 0.4) is 0 Å². The van der Waals surface area contributed by atoms with Crippen LogP contribution in [0, 0.1) is 13.8 Å². The van der Waals surface area contributed by atoms with Gasteiger partial charge in [-0.15, -0.1) is 0 Å². The Morgan fingerprint density at radius 1 is 1.38 bits per heavy atom. The highest BCUT2D eigenvalue weighted by Crippen LogP contribution is 2.32. The highest BCUT2D eigenvalue weighted by atomic mass is 16.5. The first-order chi connectivity index (χ1) is 10.0. The van der Waals surface area contributed by atoms with Crippen molar-refractivity contribution in [2.45, 2.75) is 39.7 Å². The smallest absolute Gasteiger partial charge is 0.305 e. The van der Waals surface area contributed by atoms with Crippen LogP contribution in [0.15, 0.2) is 17.2 Å². The third-order valence-corrected chi connectivity index (χ3v) is 3.25. The fourth-order valence-corrected chi connectivity index (χ4v) is 2.39. The highest BCUT2D eigenvalue weighted by molar-refractivity contribution is 5.69. The van der Waals surface area contributed by atoms with Crippen LogP contribution in [0.1, 0.15) is 42.5 Å². The van der Waals surface area contributed by atoms with Crippen LogP contribution in [0.4, 0.5) is 0 Å². The molecule has 0 saturated carbocycles. The number of benzene rings is 1. The van der Waals surface area contributed by atoms with Crippen molar-refractivity contribution in [1.29, 1.82) is 0 Å². The Morgan fingerprint density at radius 2 is 2.00 bits per heavy atom. The van der Waals surface area contributed by atoms with Crippen molar-refractivity contribution in [3.63, 3.8) is 0 Å². The molecule has 6 heteroatoms. The quantitative estimate of drug-likeness (QED) is 0.329. The molecule has 1 aromatic rings. The Morgan fingerprint density at radius 3 is 2.48 bits per heavy atom. The average molecular weight is 291 g/mol. The van der Waals surface area contributed by atoms with Crippen molar-refractivity contribution in [2.24, 2.45) is 5.11 Å². The molecule has 1 aromatic carbocycles. The van der Waals surface area contributed by atoms with Crippen LogP contribution in [0.2, 0.25) is 0 Å². The molecule has 6 nitrogen and oxygen atoms in total. The van der Waals surface area contributed by atoms with Gasteiger partial charge in [0, 0.05) is 11.3 Å². The van der Waals surface area contributed by atoms with Crippen molar-refractivity contribution >= 4 is 5.97 Å². The molecular formula is C15H21N3O3. The van der Waals surface area contributed by atoms with Crippen molar-refractivity contribution < 1.29 is 14.3 Å². The van der Waals surface area contributed by atoms with Gasteiger partial charge in [-0.2, -0.15) is 0 Å². The zero-order valence-electron chi connectivity index (χ0n) is 12.9. The lowest BCUT2D eigenvalue weighted by Gasteiger charge is -2.18. The Bertz CT molecular complexity index is 528. The van der Waals surface area contributed by atoms with Gasteiger partial charge in [-0.25, -0.2) is 0 Å². The normalized spacial score (nSPS) is 11.4. The second kappa shape index (κ2) is 8.17. The van der Waals surface area contributed by atoms with E-state index in [4.69, 9.17) is 15.0 Å². The maximum atomic E-state index is 11.5. The van der Waals surface area contributed by atoms with Crippen LogP contribution >= 0.6 is 0 Å². The van der Waals surface area contributed by atoms with Gasteiger partial charge < -0.3 is 9.47 Å². The molecule has 0 radical (unpaired) electrons. The van der Waals surface area contributed by atoms with Crippen molar-refractivity contribution in [1.82, 2.24) is 0 Å². The van der Waals surface area contributed by atoms with E-state index in [1.807, 2.05) is 26.0 Å². The lowest BCUT2D eigenvalue weighted by atomic mass is 9.93. The SMILES string of the molecule is CCOC(=O)CCC(N=[N+]=[N-])c1c(C)cc(OC)cc1C. The molecule has 21 heavy (non-hydrogen) atoms. The molecule has 0 aliphatic rings. The number of carbonyl (C=O) groups excluding carboxylic acids is 1. The van der Waals surface area contributed by atoms with E-state index in [1.54, 1.807) is 14.0 Å². The first kappa shape index (κ1) is 16.9. The number of esters is 1. The summed E-state index contributed by atoms with van der Waals surface area (Å²) in [6, 6.07) is 3.41. The second-order valence-electron chi connectivity index (χ2n) is 4.74. The largest absolute Gasteiger partial charge is 0.497 e. The fraction of sp³-hybridized carbons (Fsp3) is 0.533. The number of rotatable bonds is 7. The van der Waals surface area contributed by atoms with E-state index in [2.05, 4.69) is 10.0 Å². The molecule has 0 amide bonds. The Kier molecular flexibility index (Phi) is 6.56. The first-order valence-corrected chi connectivity index (χ1v) is 6.88. The van der Waals surface area contributed by atoms with Crippen molar-refractivity contribution in [2.75, 3.05) is 13.7 Å². The van der Waals surface area contributed by atoms with Gasteiger partial charge in [0.2, 0.25) is 0 Å². The van der Waals surface area contributed by atoms with Gasteiger partial charge in [-0.3, -0.25) is 4.79 Å². The summed E-state index contributed by atoms with van der Waals surface area (Å²) < 4.78 is 10.1. The van der Waals surface area contributed by atoms with E-state index in [9.17, 15) is 4.79 Å². The van der Waals surface area contributed by atoms with E-state index in [0.29, 0.717) is 13.0 Å². The topological polar surface area (TPSA) is 84.3 Å². The van der Waals surface area contributed by atoms with E-state index in [1.165, 1.54) is 0 Å². The lowest BCUT2D eigenvalue weighted by molar-refractivity contribution is -0.143. The minimum atomic E-state index is -0.384. The van der Waals surface area contributed by atoms with Crippen LogP contribution in [-0.2, 0) is 9.53 Å². The molecule has 114 valence electrons. The molecular weight excluding hydrogens is 270 g/mol. The summed E-state index contributed by atoms with van der Waals surface area (Å²) >= 11 is 0. The van der Waals surface area contributed by atoms with Gasteiger partial charge in [0.05, 0.1) is 19.8 Å². The maximum Gasteiger partial charge on any atom is 0.305 e. The Labute approximate surface area is 124 Å². The molecule has 0 saturated heterocycles. The molecule has 1 rings (SSSR count). The van der Waals surface area contributed by atoms with Crippen LogP contribution in [-0.4, -0.2) is 19.7 Å². The molecule has 0 heterocycles. The molecule has 0 aromatic heterocycles. The average Bonchev–Trinajstić information content (AvgIpc) is 2.44. The predicted octanol–water partition coefficient (Wildman–Crippen LogP) is 4.01. The summed E-state index contributed by atoms with van der Waals surface area (Å²) in [6.45, 7) is 6.00. The van der Waals surface area contributed by atoms with Gasteiger partial charge in [0.25, 0.3) is 0 Å². The fourth-order valence-electron chi connectivity index (χ4n) is 2.39. The van der Waals surface area contributed by atoms with Gasteiger partial charge in [-0.1, -0.05) is 5.11 Å². The second-order valence-corrected chi connectivity index (χ2v) is 4.74. The third kappa shape index (κ3) is 4.68. The van der Waals surface area contributed by atoms with E-state index in [-0.39, 0.29) is 18.4 Å². The summed E-state index contributed by atoms with van der Waals surface area (Å²) in [7, 11) is 1.61. The number of aryl methyl sites for hydroxylation is 2. The minimum Gasteiger partial charge on any atom is -0.497 e. The minimum absolute atomic E-state index is 0.225. The molecule has 0 aliphatic heterocycles. The lowest BCUT2D eigenvalue weighted by Crippen LogP contribution is -2.08. The molecule has 0 bridgehead atoms. The highest BCUT2D eigenvalue weighted by Gasteiger charge is 2.17. The van der Waals surface area contributed by atoms with Gasteiger partial charge in [0.15, 0.2) is 0 Å². The molecule has 0 N–H and O–H groups in total.